The number of benzene rings is 1. The Hall–Kier alpha value is -2.41. The zero-order chi connectivity index (χ0) is 17.8. The first kappa shape index (κ1) is 17.4. The molecule has 0 radical (unpaired) electrons. The summed E-state index contributed by atoms with van der Waals surface area (Å²) in [4.78, 5) is 41.4. The van der Waals surface area contributed by atoms with Crippen LogP contribution in [0.3, 0.4) is 0 Å². The van der Waals surface area contributed by atoms with Gasteiger partial charge in [0, 0.05) is 31.2 Å². The van der Waals surface area contributed by atoms with Crippen LogP contribution in [-0.2, 0) is 19.2 Å². The number of nitrogens with zero attached hydrogens (tertiary/aromatic N) is 2. The average Bonchev–Trinajstić information content (AvgIpc) is 2.65. The monoisotopic (exact) mass is 345 g/mol. The van der Waals surface area contributed by atoms with Crippen molar-refractivity contribution in [3.63, 3.8) is 0 Å². The molecule has 2 heterocycles. The summed E-state index contributed by atoms with van der Waals surface area (Å²) in [6, 6.07) is 8.47. The number of carbonyl (C=O) groups excluding carboxylic acids is 3. The highest BCUT2D eigenvalue weighted by molar-refractivity contribution is 6.00. The van der Waals surface area contributed by atoms with Crippen molar-refractivity contribution in [2.24, 2.45) is 0 Å². The summed E-state index contributed by atoms with van der Waals surface area (Å²) in [5, 5.41) is 3.90. The molecular weight excluding hydrogens is 322 g/mol. The summed E-state index contributed by atoms with van der Waals surface area (Å²) in [5.41, 5.74) is 1.98. The molecule has 2 fully saturated rings. The van der Waals surface area contributed by atoms with E-state index in [1.54, 1.807) is 0 Å². The molecule has 2 aliphatic rings. The van der Waals surface area contributed by atoms with Gasteiger partial charge in [-0.2, -0.15) is 0 Å². The van der Waals surface area contributed by atoms with E-state index in [9.17, 15) is 14.4 Å². The second-order valence-corrected chi connectivity index (χ2v) is 6.46. The number of hydroxylamine groups is 2. The second kappa shape index (κ2) is 7.65. The van der Waals surface area contributed by atoms with Crippen LogP contribution in [0.4, 0.5) is 5.69 Å². The van der Waals surface area contributed by atoms with Crippen LogP contribution in [0.1, 0.15) is 37.2 Å². The van der Waals surface area contributed by atoms with Crippen LogP contribution >= 0.6 is 0 Å². The van der Waals surface area contributed by atoms with E-state index in [1.807, 2.05) is 31.3 Å². The summed E-state index contributed by atoms with van der Waals surface area (Å²) in [6.45, 7) is 2.11. The van der Waals surface area contributed by atoms with Gasteiger partial charge in [-0.15, -0.1) is 5.06 Å². The summed E-state index contributed by atoms with van der Waals surface area (Å²) in [6.07, 6.45) is 2.84. The molecule has 0 spiro atoms. The minimum atomic E-state index is -0.481. The normalized spacial score (nSPS) is 22.2. The van der Waals surface area contributed by atoms with Crippen molar-refractivity contribution in [2.45, 2.75) is 37.6 Å². The van der Waals surface area contributed by atoms with Crippen LogP contribution in [0.25, 0.3) is 0 Å². The third-order valence-corrected chi connectivity index (χ3v) is 5.08. The molecule has 1 N–H and O–H groups in total. The van der Waals surface area contributed by atoms with Crippen molar-refractivity contribution in [1.82, 2.24) is 10.4 Å². The minimum absolute atomic E-state index is 0.107. The summed E-state index contributed by atoms with van der Waals surface area (Å²) in [7, 11) is 2.00. The topological polar surface area (TPSA) is 79.0 Å². The van der Waals surface area contributed by atoms with E-state index in [2.05, 4.69) is 15.1 Å². The predicted molar refractivity (Wildman–Crippen MR) is 91.7 cm³/mol. The van der Waals surface area contributed by atoms with Crippen LogP contribution in [0.5, 0.6) is 0 Å². The van der Waals surface area contributed by atoms with E-state index in [0.717, 1.165) is 37.2 Å². The fraction of sp³-hybridized carbons (Fsp3) is 0.500. The van der Waals surface area contributed by atoms with Gasteiger partial charge in [-0.3, -0.25) is 14.4 Å². The molecule has 1 aromatic rings. The van der Waals surface area contributed by atoms with Gasteiger partial charge < -0.3 is 15.1 Å². The van der Waals surface area contributed by atoms with Gasteiger partial charge in [-0.05, 0) is 44.0 Å². The Bertz CT molecular complexity index is 638. The van der Waals surface area contributed by atoms with E-state index in [0.29, 0.717) is 17.5 Å². The minimum Gasteiger partial charge on any atom is -0.371 e. The van der Waals surface area contributed by atoms with Gasteiger partial charge in [-0.25, -0.2) is 0 Å². The second-order valence-electron chi connectivity index (χ2n) is 6.46. The third-order valence-electron chi connectivity index (χ3n) is 5.08. The molecule has 2 amide bonds. The number of piperidine rings is 2. The van der Waals surface area contributed by atoms with Crippen LogP contribution in [0.2, 0.25) is 0 Å². The van der Waals surface area contributed by atoms with Crippen LogP contribution in [-0.4, -0.2) is 49.5 Å². The predicted octanol–water partition coefficient (Wildman–Crippen LogP) is 1.20. The fourth-order valence-electron chi connectivity index (χ4n) is 3.56. The maximum atomic E-state index is 12.4. The maximum absolute atomic E-state index is 12.4. The molecule has 0 saturated carbocycles. The average molecular weight is 345 g/mol. The third kappa shape index (κ3) is 3.66. The molecule has 7 nitrogen and oxygen atoms in total. The highest BCUT2D eigenvalue weighted by Crippen LogP contribution is 2.30. The van der Waals surface area contributed by atoms with Gasteiger partial charge in [-0.1, -0.05) is 12.1 Å². The number of hydrogen-bond donors (Lipinski definition) is 1. The number of anilines is 1. The highest BCUT2D eigenvalue weighted by Gasteiger charge is 2.37. The van der Waals surface area contributed by atoms with Crippen molar-refractivity contribution in [2.75, 3.05) is 25.0 Å². The number of rotatable bonds is 5. The Morgan fingerprint density at radius 3 is 2.40 bits per heavy atom. The van der Waals surface area contributed by atoms with Crippen LogP contribution < -0.4 is 10.2 Å². The molecule has 1 atom stereocenters. The molecular formula is C18H23N3O4. The number of amides is 2. The highest BCUT2D eigenvalue weighted by atomic mass is 16.7. The zero-order valence-corrected chi connectivity index (χ0v) is 14.3. The first-order chi connectivity index (χ1) is 12.1. The molecule has 134 valence electrons. The Morgan fingerprint density at radius 2 is 1.80 bits per heavy atom. The lowest BCUT2D eigenvalue weighted by Gasteiger charge is -2.34. The van der Waals surface area contributed by atoms with Gasteiger partial charge in [0.05, 0.1) is 5.92 Å². The zero-order valence-electron chi connectivity index (χ0n) is 14.3. The van der Waals surface area contributed by atoms with Crippen molar-refractivity contribution in [1.29, 1.82) is 0 Å². The molecule has 2 saturated heterocycles. The van der Waals surface area contributed by atoms with Crippen molar-refractivity contribution in [3.05, 3.63) is 29.8 Å². The van der Waals surface area contributed by atoms with Crippen molar-refractivity contribution < 1.29 is 19.2 Å². The van der Waals surface area contributed by atoms with E-state index in [1.165, 1.54) is 0 Å². The Morgan fingerprint density at radius 1 is 1.12 bits per heavy atom. The van der Waals surface area contributed by atoms with E-state index >= 15 is 0 Å². The standard InChI is InChI=1S/C18H23N3O4/c1-19-14-8-10-20(11-9-14)15-4-2-13(3-5-15)16-6-7-17(23)21(18(16)24)25-12-22/h2-5,12,14,16,19H,6-11H2,1H3. The molecule has 0 bridgehead atoms. The van der Waals surface area contributed by atoms with E-state index < -0.39 is 17.7 Å². The molecule has 25 heavy (non-hydrogen) atoms. The van der Waals surface area contributed by atoms with Gasteiger partial charge in [0.15, 0.2) is 0 Å². The smallest absolute Gasteiger partial charge is 0.321 e. The molecule has 0 aromatic heterocycles. The lowest BCUT2D eigenvalue weighted by Crippen LogP contribution is -2.43. The van der Waals surface area contributed by atoms with Gasteiger partial charge in [0.25, 0.3) is 11.8 Å². The summed E-state index contributed by atoms with van der Waals surface area (Å²) >= 11 is 0. The number of hydrogen-bond acceptors (Lipinski definition) is 6. The summed E-state index contributed by atoms with van der Waals surface area (Å²) in [5.74, 6) is -1.41. The molecule has 3 rings (SSSR count). The SMILES string of the molecule is CNC1CCN(c2ccc(C3CCC(=O)N(OC=O)C3=O)cc2)CC1. The van der Waals surface area contributed by atoms with E-state index in [-0.39, 0.29) is 12.9 Å². The molecule has 7 heteroatoms. The van der Waals surface area contributed by atoms with Crippen molar-refractivity contribution in [3.8, 4) is 0 Å². The van der Waals surface area contributed by atoms with Crippen molar-refractivity contribution >= 4 is 24.0 Å². The largest absolute Gasteiger partial charge is 0.371 e. The maximum Gasteiger partial charge on any atom is 0.321 e. The van der Waals surface area contributed by atoms with E-state index in [4.69, 9.17) is 0 Å². The number of nitrogens with one attached hydrogen (secondary N) is 1. The molecule has 0 aliphatic carbocycles. The number of carbonyl (C=O) groups is 3. The molecule has 2 aliphatic heterocycles. The van der Waals surface area contributed by atoms with Gasteiger partial charge >= 0.3 is 6.47 Å². The quantitative estimate of drug-likeness (QED) is 0.638. The first-order valence-electron chi connectivity index (χ1n) is 8.63. The van der Waals surface area contributed by atoms with Crippen LogP contribution in [0.15, 0.2) is 24.3 Å². The van der Waals surface area contributed by atoms with Gasteiger partial charge in [0.1, 0.15) is 0 Å². The Labute approximate surface area is 146 Å². The lowest BCUT2D eigenvalue weighted by atomic mass is 9.90. The Balaban J connectivity index is 1.69. The Kier molecular flexibility index (Phi) is 5.33. The number of imide groups is 1. The first-order valence-corrected chi connectivity index (χ1v) is 8.63. The van der Waals surface area contributed by atoms with Crippen LogP contribution in [0, 0.1) is 0 Å². The summed E-state index contributed by atoms with van der Waals surface area (Å²) < 4.78 is 0. The molecule has 1 aromatic carbocycles. The fourth-order valence-corrected chi connectivity index (χ4v) is 3.56. The molecule has 1 unspecified atom stereocenters. The van der Waals surface area contributed by atoms with Gasteiger partial charge in [0.2, 0.25) is 0 Å². The lowest BCUT2D eigenvalue weighted by molar-refractivity contribution is -0.198.